The first-order valence-corrected chi connectivity index (χ1v) is 11.0. The van der Waals surface area contributed by atoms with Crippen LogP contribution >= 0.6 is 0 Å². The predicted octanol–water partition coefficient (Wildman–Crippen LogP) is 2.96. The van der Waals surface area contributed by atoms with Crippen LogP contribution in [0.15, 0.2) is 30.3 Å². The third-order valence-electron chi connectivity index (χ3n) is 6.50. The van der Waals surface area contributed by atoms with Gasteiger partial charge in [-0.25, -0.2) is 4.39 Å². The van der Waals surface area contributed by atoms with E-state index in [1.165, 1.54) is 46.7 Å². The average molecular weight is 442 g/mol. The largest absolute Gasteiger partial charge is 0.351 e. The molecule has 0 bridgehead atoms. The van der Waals surface area contributed by atoms with Crippen molar-refractivity contribution in [1.82, 2.24) is 20.0 Å². The molecule has 4 rings (SSSR count). The lowest BCUT2D eigenvalue weighted by atomic mass is 9.95. The Labute approximate surface area is 186 Å². The summed E-state index contributed by atoms with van der Waals surface area (Å²) in [6, 6.07) is 7.03. The second-order valence-corrected chi connectivity index (χ2v) is 8.84. The van der Waals surface area contributed by atoms with E-state index < -0.39 is 17.3 Å². The van der Waals surface area contributed by atoms with Gasteiger partial charge in [0.25, 0.3) is 11.8 Å². The van der Waals surface area contributed by atoms with Gasteiger partial charge in [0.1, 0.15) is 17.1 Å². The summed E-state index contributed by atoms with van der Waals surface area (Å²) >= 11 is 0. The summed E-state index contributed by atoms with van der Waals surface area (Å²) in [5.41, 5.74) is -0.577. The number of benzene rings is 1. The molecule has 8 nitrogen and oxygen atoms in total. The van der Waals surface area contributed by atoms with Gasteiger partial charge in [0, 0.05) is 24.8 Å². The fraction of sp³-hybridized carbons (Fsp3) is 0.478. The van der Waals surface area contributed by atoms with Gasteiger partial charge >= 0.3 is 0 Å². The topological polar surface area (TPSA) is 96.3 Å². The van der Waals surface area contributed by atoms with Crippen LogP contribution < -0.4 is 10.6 Å². The maximum Gasteiger partial charge on any atom is 0.276 e. The van der Waals surface area contributed by atoms with E-state index in [4.69, 9.17) is 0 Å². The zero-order valence-electron chi connectivity index (χ0n) is 18.4. The first-order valence-electron chi connectivity index (χ1n) is 11.0. The molecule has 0 radical (unpaired) electrons. The zero-order chi connectivity index (χ0) is 22.9. The Morgan fingerprint density at radius 2 is 1.88 bits per heavy atom. The first-order chi connectivity index (χ1) is 15.3. The number of likely N-dealkylation sites (N-methyl/N-ethyl adjacent to an activating group) is 1. The van der Waals surface area contributed by atoms with Gasteiger partial charge in [-0.3, -0.25) is 19.1 Å². The number of nitrogens with one attached hydrogen (secondary N) is 2. The van der Waals surface area contributed by atoms with Crippen LogP contribution in [0.3, 0.4) is 0 Å². The summed E-state index contributed by atoms with van der Waals surface area (Å²) in [6.07, 6.45) is 6.42. The molecule has 3 amide bonds. The van der Waals surface area contributed by atoms with E-state index in [0.717, 1.165) is 25.7 Å². The van der Waals surface area contributed by atoms with Crippen molar-refractivity contribution in [2.75, 3.05) is 12.4 Å². The molecule has 1 aliphatic heterocycles. The van der Waals surface area contributed by atoms with Crippen LogP contribution in [-0.4, -0.2) is 51.0 Å². The molecule has 32 heavy (non-hydrogen) atoms. The number of hydrogen-bond donors (Lipinski definition) is 2. The summed E-state index contributed by atoms with van der Waals surface area (Å²) in [7, 11) is 1.60. The predicted molar refractivity (Wildman–Crippen MR) is 117 cm³/mol. The Kier molecular flexibility index (Phi) is 5.99. The van der Waals surface area contributed by atoms with E-state index >= 15 is 0 Å². The molecule has 1 aromatic carbocycles. The molecule has 2 N–H and O–H groups in total. The molecule has 170 valence electrons. The first kappa shape index (κ1) is 22.0. The molecule has 2 heterocycles. The van der Waals surface area contributed by atoms with Crippen molar-refractivity contribution in [3.63, 3.8) is 0 Å². The number of hydrogen-bond acceptors (Lipinski definition) is 4. The highest BCUT2D eigenvalue weighted by atomic mass is 19.1. The molecule has 1 atom stereocenters. The highest BCUT2D eigenvalue weighted by Crippen LogP contribution is 2.27. The zero-order valence-corrected chi connectivity index (χ0v) is 18.4. The molecular formula is C23H28FN5O3. The summed E-state index contributed by atoms with van der Waals surface area (Å²) in [6.45, 7) is 1.85. The molecule has 0 saturated heterocycles. The van der Waals surface area contributed by atoms with Crippen LogP contribution in [0.1, 0.15) is 66.4 Å². The van der Waals surface area contributed by atoms with Crippen molar-refractivity contribution in [2.24, 2.45) is 0 Å². The molecule has 9 heteroatoms. The summed E-state index contributed by atoms with van der Waals surface area (Å²) in [5, 5.41) is 9.99. The van der Waals surface area contributed by atoms with E-state index in [1.807, 2.05) is 0 Å². The Hall–Kier alpha value is -3.23. The number of aromatic nitrogens is 2. The van der Waals surface area contributed by atoms with Gasteiger partial charge in [0.05, 0.1) is 6.54 Å². The Bertz CT molecular complexity index is 1040. The molecule has 1 saturated carbocycles. The van der Waals surface area contributed by atoms with Crippen LogP contribution in [0.4, 0.5) is 10.1 Å². The fourth-order valence-corrected chi connectivity index (χ4v) is 4.36. The van der Waals surface area contributed by atoms with Crippen LogP contribution in [0, 0.1) is 5.82 Å². The molecule has 1 aromatic heterocycles. The molecule has 2 aliphatic rings. The summed E-state index contributed by atoms with van der Waals surface area (Å²) < 4.78 is 14.8. The second-order valence-electron chi connectivity index (χ2n) is 8.84. The third kappa shape index (κ3) is 4.24. The number of rotatable bonds is 4. The number of nitrogens with zero attached hydrogens (tertiary/aromatic N) is 3. The van der Waals surface area contributed by atoms with Gasteiger partial charge in [-0.05, 0) is 38.0 Å². The molecule has 1 unspecified atom stereocenters. The van der Waals surface area contributed by atoms with Gasteiger partial charge in [0.2, 0.25) is 5.91 Å². The normalized spacial score (nSPS) is 21.6. The minimum atomic E-state index is -1.13. The third-order valence-corrected chi connectivity index (χ3v) is 6.50. The number of anilines is 1. The van der Waals surface area contributed by atoms with Crippen molar-refractivity contribution >= 4 is 23.4 Å². The van der Waals surface area contributed by atoms with Gasteiger partial charge < -0.3 is 15.5 Å². The van der Waals surface area contributed by atoms with Gasteiger partial charge in [-0.15, -0.1) is 0 Å². The van der Waals surface area contributed by atoms with Crippen LogP contribution in [0.5, 0.6) is 0 Å². The van der Waals surface area contributed by atoms with Crippen molar-refractivity contribution in [2.45, 2.75) is 63.6 Å². The van der Waals surface area contributed by atoms with Crippen LogP contribution in [0.25, 0.3) is 0 Å². The van der Waals surface area contributed by atoms with Crippen molar-refractivity contribution in [3.8, 4) is 0 Å². The van der Waals surface area contributed by atoms with E-state index in [2.05, 4.69) is 15.7 Å². The van der Waals surface area contributed by atoms with Crippen molar-refractivity contribution in [1.29, 1.82) is 0 Å². The second kappa shape index (κ2) is 8.72. The maximum atomic E-state index is 13.4. The fourth-order valence-electron chi connectivity index (χ4n) is 4.36. The Morgan fingerprint density at radius 1 is 1.16 bits per heavy atom. The van der Waals surface area contributed by atoms with Crippen LogP contribution in [0.2, 0.25) is 0 Å². The van der Waals surface area contributed by atoms with E-state index in [1.54, 1.807) is 20.0 Å². The molecule has 1 fully saturated rings. The standard InChI is InChI=1S/C23H28FN5O3/c1-23(22(32)26-16-9-5-3-4-6-10-16)14-29-19(21(31)28(23)2)13-18(27-29)20(30)25-17-11-7-8-15(24)12-17/h7-8,11-13,16H,3-6,9-10,14H2,1-2H3,(H,25,30)(H,26,32). The number of carbonyl (C=O) groups is 3. The van der Waals surface area contributed by atoms with E-state index in [0.29, 0.717) is 0 Å². The summed E-state index contributed by atoms with van der Waals surface area (Å²) in [5.74, 6) is -1.63. The number of halogens is 1. The molecule has 2 aromatic rings. The van der Waals surface area contributed by atoms with Crippen molar-refractivity contribution < 1.29 is 18.8 Å². The molecule has 0 spiro atoms. The van der Waals surface area contributed by atoms with Gasteiger partial charge in [-0.2, -0.15) is 5.10 Å². The monoisotopic (exact) mass is 441 g/mol. The highest BCUT2D eigenvalue weighted by Gasteiger charge is 2.46. The van der Waals surface area contributed by atoms with Gasteiger partial charge in [-0.1, -0.05) is 31.7 Å². The SMILES string of the molecule is CN1C(=O)c2cc(C(=O)Nc3cccc(F)c3)nn2CC1(C)C(=O)NC1CCCCCC1. The summed E-state index contributed by atoms with van der Waals surface area (Å²) in [4.78, 5) is 40.3. The average Bonchev–Trinajstić information content (AvgIpc) is 3.01. The lowest BCUT2D eigenvalue weighted by Crippen LogP contribution is -2.63. The van der Waals surface area contributed by atoms with E-state index in [9.17, 15) is 18.8 Å². The number of amides is 3. The lowest BCUT2D eigenvalue weighted by molar-refractivity contribution is -0.133. The van der Waals surface area contributed by atoms with Crippen molar-refractivity contribution in [3.05, 3.63) is 47.5 Å². The minimum absolute atomic E-state index is 0.0273. The molecule has 1 aliphatic carbocycles. The lowest BCUT2D eigenvalue weighted by Gasteiger charge is -2.41. The smallest absolute Gasteiger partial charge is 0.276 e. The Balaban J connectivity index is 1.52. The van der Waals surface area contributed by atoms with Gasteiger partial charge in [0.15, 0.2) is 5.69 Å². The maximum absolute atomic E-state index is 13.4. The number of carbonyl (C=O) groups excluding carboxylic acids is 3. The van der Waals surface area contributed by atoms with E-state index in [-0.39, 0.29) is 41.5 Å². The Morgan fingerprint density at radius 3 is 2.56 bits per heavy atom. The van der Waals surface area contributed by atoms with Crippen LogP contribution in [-0.2, 0) is 11.3 Å². The number of fused-ring (bicyclic) bond motifs is 1. The molecular weight excluding hydrogens is 413 g/mol. The highest BCUT2D eigenvalue weighted by molar-refractivity contribution is 6.05. The minimum Gasteiger partial charge on any atom is -0.351 e. The quantitative estimate of drug-likeness (QED) is 0.713.